The van der Waals surface area contributed by atoms with Crippen LogP contribution in [-0.2, 0) is 11.3 Å². The first-order valence-electron chi connectivity index (χ1n) is 11.4. The summed E-state index contributed by atoms with van der Waals surface area (Å²) in [6, 6.07) is 14.8. The summed E-state index contributed by atoms with van der Waals surface area (Å²) in [6.07, 6.45) is 1.89. The Kier molecular flexibility index (Phi) is 8.09. The van der Waals surface area contributed by atoms with Crippen molar-refractivity contribution < 1.29 is 14.4 Å². The highest BCUT2D eigenvalue weighted by Gasteiger charge is 2.28. The number of benzene rings is 2. The number of carbonyl (C=O) groups excluding carboxylic acids is 3. The van der Waals surface area contributed by atoms with Crippen LogP contribution >= 0.6 is 22.9 Å². The number of aromatic nitrogens is 2. The van der Waals surface area contributed by atoms with E-state index in [1.807, 2.05) is 49.4 Å². The molecule has 2 N–H and O–H groups in total. The molecule has 0 bridgehead atoms. The molecule has 3 amide bonds. The maximum atomic E-state index is 12.9. The minimum absolute atomic E-state index is 0.0110. The molecule has 0 saturated carbocycles. The van der Waals surface area contributed by atoms with Crippen molar-refractivity contribution in [3.8, 4) is 0 Å². The minimum Gasteiger partial charge on any atom is -0.352 e. The Bertz CT molecular complexity index is 1210. The molecule has 2 heterocycles. The Morgan fingerprint density at radius 3 is 2.49 bits per heavy atom. The molecule has 0 atom stereocenters. The van der Waals surface area contributed by atoms with Gasteiger partial charge in [0.15, 0.2) is 0 Å². The van der Waals surface area contributed by atoms with Gasteiger partial charge in [0, 0.05) is 36.8 Å². The van der Waals surface area contributed by atoms with Crippen LogP contribution in [-0.4, -0.2) is 45.9 Å². The van der Waals surface area contributed by atoms with Crippen molar-refractivity contribution in [1.82, 2.24) is 20.4 Å². The third-order valence-electron chi connectivity index (χ3n) is 5.87. The van der Waals surface area contributed by atoms with Crippen LogP contribution in [0.2, 0.25) is 5.02 Å². The van der Waals surface area contributed by atoms with Crippen LogP contribution in [0.15, 0.2) is 48.5 Å². The zero-order chi connectivity index (χ0) is 24.8. The van der Waals surface area contributed by atoms with E-state index in [0.717, 1.165) is 35.3 Å². The predicted molar refractivity (Wildman–Crippen MR) is 136 cm³/mol. The number of hydrogen-bond donors (Lipinski definition) is 2. The fraction of sp³-hybridized carbons (Fsp3) is 0.320. The molecule has 10 heteroatoms. The van der Waals surface area contributed by atoms with E-state index in [1.165, 1.54) is 0 Å². The highest BCUT2D eigenvalue weighted by molar-refractivity contribution is 7.15. The third-order valence-corrected chi connectivity index (χ3v) is 7.01. The molecule has 1 aliphatic heterocycles. The van der Waals surface area contributed by atoms with Crippen molar-refractivity contribution in [3.05, 3.63) is 74.7 Å². The maximum absolute atomic E-state index is 12.9. The van der Waals surface area contributed by atoms with Crippen molar-refractivity contribution in [1.29, 1.82) is 0 Å². The molecule has 4 rings (SSSR count). The normalized spacial score (nSPS) is 13.9. The van der Waals surface area contributed by atoms with E-state index in [9.17, 15) is 14.4 Å². The van der Waals surface area contributed by atoms with Crippen molar-refractivity contribution in [2.75, 3.05) is 18.4 Å². The molecule has 1 aromatic heterocycles. The van der Waals surface area contributed by atoms with Gasteiger partial charge in [-0.15, -0.1) is 10.2 Å². The molecule has 1 aliphatic rings. The molecule has 35 heavy (non-hydrogen) atoms. The second-order valence-corrected chi connectivity index (χ2v) is 9.99. The number of amides is 3. The standard InChI is InChI=1S/C25H26ClN5O3S/c1-16-5-7-20(8-6-16)28-22(33)23-29-30-24(35-23)25(34)31-11-9-17(10-12-31)14-21(32)27-15-18-3-2-4-19(26)13-18/h2-8,13,17H,9-12,14-15H2,1H3,(H,27,32)(H,28,33). The topological polar surface area (TPSA) is 104 Å². The Balaban J connectivity index is 1.23. The number of carbonyl (C=O) groups is 3. The van der Waals surface area contributed by atoms with E-state index >= 15 is 0 Å². The number of rotatable bonds is 7. The van der Waals surface area contributed by atoms with Gasteiger partial charge in [-0.3, -0.25) is 14.4 Å². The minimum atomic E-state index is -0.395. The van der Waals surface area contributed by atoms with Crippen molar-refractivity contribution in [2.45, 2.75) is 32.7 Å². The van der Waals surface area contributed by atoms with Crippen LogP contribution < -0.4 is 10.6 Å². The number of piperidine rings is 1. The molecule has 1 fully saturated rings. The summed E-state index contributed by atoms with van der Waals surface area (Å²) >= 11 is 6.96. The van der Waals surface area contributed by atoms with Gasteiger partial charge < -0.3 is 15.5 Å². The highest BCUT2D eigenvalue weighted by atomic mass is 35.5. The quantitative estimate of drug-likeness (QED) is 0.492. The van der Waals surface area contributed by atoms with Crippen molar-refractivity contribution in [3.63, 3.8) is 0 Å². The largest absolute Gasteiger partial charge is 0.352 e. The summed E-state index contributed by atoms with van der Waals surface area (Å²) in [6.45, 7) is 3.48. The summed E-state index contributed by atoms with van der Waals surface area (Å²) in [4.78, 5) is 39.4. The van der Waals surface area contributed by atoms with Gasteiger partial charge in [0.2, 0.25) is 15.9 Å². The Morgan fingerprint density at radius 1 is 1.06 bits per heavy atom. The molecule has 0 aliphatic carbocycles. The van der Waals surface area contributed by atoms with Crippen LogP contribution in [0.4, 0.5) is 5.69 Å². The number of anilines is 1. The van der Waals surface area contributed by atoms with Gasteiger partial charge in [0.25, 0.3) is 11.8 Å². The van der Waals surface area contributed by atoms with Gasteiger partial charge in [-0.05, 0) is 55.5 Å². The molecule has 182 valence electrons. The van der Waals surface area contributed by atoms with Gasteiger partial charge in [0.05, 0.1) is 0 Å². The van der Waals surface area contributed by atoms with Gasteiger partial charge in [0.1, 0.15) is 0 Å². The summed E-state index contributed by atoms with van der Waals surface area (Å²) in [5, 5.41) is 14.5. The second-order valence-electron chi connectivity index (χ2n) is 8.58. The molecular formula is C25H26ClN5O3S. The molecule has 8 nitrogen and oxygen atoms in total. The first-order valence-corrected chi connectivity index (χ1v) is 12.6. The molecule has 0 unspecified atom stereocenters. The number of nitrogens with zero attached hydrogens (tertiary/aromatic N) is 3. The Morgan fingerprint density at radius 2 is 1.77 bits per heavy atom. The Labute approximate surface area is 212 Å². The molecular weight excluding hydrogens is 486 g/mol. The average molecular weight is 512 g/mol. The lowest BCUT2D eigenvalue weighted by atomic mass is 9.93. The van der Waals surface area contributed by atoms with Crippen molar-refractivity contribution >= 4 is 46.3 Å². The smallest absolute Gasteiger partial charge is 0.286 e. The first-order chi connectivity index (χ1) is 16.9. The van der Waals surface area contributed by atoms with Gasteiger partial charge in [-0.25, -0.2) is 0 Å². The summed E-state index contributed by atoms with van der Waals surface area (Å²) in [5.41, 5.74) is 2.70. The summed E-state index contributed by atoms with van der Waals surface area (Å²) in [7, 11) is 0. The van der Waals surface area contributed by atoms with Gasteiger partial charge in [-0.1, -0.05) is 52.8 Å². The van der Waals surface area contributed by atoms with Crippen LogP contribution in [0.5, 0.6) is 0 Å². The summed E-state index contributed by atoms with van der Waals surface area (Å²) < 4.78 is 0. The average Bonchev–Trinajstić information content (AvgIpc) is 3.35. The van der Waals surface area contributed by atoms with Gasteiger partial charge in [-0.2, -0.15) is 0 Å². The number of aryl methyl sites for hydroxylation is 1. The van der Waals surface area contributed by atoms with E-state index in [0.29, 0.717) is 36.8 Å². The summed E-state index contributed by atoms with van der Waals surface area (Å²) in [5.74, 6) is -0.430. The van der Waals surface area contributed by atoms with Crippen molar-refractivity contribution in [2.24, 2.45) is 5.92 Å². The highest BCUT2D eigenvalue weighted by Crippen LogP contribution is 2.23. The fourth-order valence-electron chi connectivity index (χ4n) is 3.88. The monoisotopic (exact) mass is 511 g/mol. The number of halogens is 1. The van der Waals surface area contributed by atoms with E-state index < -0.39 is 5.91 Å². The van der Waals surface area contributed by atoms with E-state index in [4.69, 9.17) is 11.6 Å². The molecule has 0 radical (unpaired) electrons. The number of likely N-dealkylation sites (tertiary alicyclic amines) is 1. The van der Waals surface area contributed by atoms with Crippen LogP contribution in [0.25, 0.3) is 0 Å². The van der Waals surface area contributed by atoms with Crippen LogP contribution in [0.1, 0.15) is 50.0 Å². The Hall–Kier alpha value is -3.30. The first kappa shape index (κ1) is 24.8. The lowest BCUT2D eigenvalue weighted by Gasteiger charge is -2.31. The van der Waals surface area contributed by atoms with Gasteiger partial charge >= 0.3 is 0 Å². The maximum Gasteiger partial charge on any atom is 0.286 e. The molecule has 0 spiro atoms. The second kappa shape index (κ2) is 11.4. The SMILES string of the molecule is Cc1ccc(NC(=O)c2nnc(C(=O)N3CCC(CC(=O)NCc4cccc(Cl)c4)CC3)s2)cc1. The lowest BCUT2D eigenvalue weighted by molar-refractivity contribution is -0.122. The zero-order valence-corrected chi connectivity index (χ0v) is 20.9. The van der Waals surface area contributed by atoms with Crippen LogP contribution in [0.3, 0.4) is 0 Å². The van der Waals surface area contributed by atoms with Crippen LogP contribution in [0, 0.1) is 12.8 Å². The number of hydrogen-bond acceptors (Lipinski definition) is 6. The molecule has 2 aromatic carbocycles. The molecule has 3 aromatic rings. The van der Waals surface area contributed by atoms with E-state index in [-0.39, 0.29) is 27.7 Å². The lowest BCUT2D eigenvalue weighted by Crippen LogP contribution is -2.39. The molecule has 1 saturated heterocycles. The van der Waals surface area contributed by atoms with E-state index in [2.05, 4.69) is 20.8 Å². The zero-order valence-electron chi connectivity index (χ0n) is 19.3. The fourth-order valence-corrected chi connectivity index (χ4v) is 4.80. The van der Waals surface area contributed by atoms with E-state index in [1.54, 1.807) is 11.0 Å². The number of nitrogens with one attached hydrogen (secondary N) is 2. The predicted octanol–water partition coefficient (Wildman–Crippen LogP) is 4.31. The third kappa shape index (κ3) is 6.86.